The number of amides is 2. The van der Waals surface area contributed by atoms with Crippen LogP contribution in [0.4, 0.5) is 16.6 Å². The zero-order valence-corrected chi connectivity index (χ0v) is 25.6. The van der Waals surface area contributed by atoms with Crippen LogP contribution in [0.5, 0.6) is 0 Å². The van der Waals surface area contributed by atoms with Crippen LogP contribution in [-0.4, -0.2) is 81.1 Å². The van der Waals surface area contributed by atoms with Crippen LogP contribution >= 0.6 is 11.3 Å². The molecule has 12 heteroatoms. The molecule has 6 rings (SSSR count). The van der Waals surface area contributed by atoms with Gasteiger partial charge < -0.3 is 29.2 Å². The van der Waals surface area contributed by atoms with Crippen LogP contribution in [0.1, 0.15) is 46.7 Å². The van der Waals surface area contributed by atoms with E-state index in [4.69, 9.17) is 14.7 Å². The highest BCUT2D eigenvalue weighted by molar-refractivity contribution is 7.17. The number of hydrogen-bond donors (Lipinski definition) is 1. The molecule has 2 saturated heterocycles. The molecule has 2 aliphatic heterocycles. The first-order valence-electron chi connectivity index (χ1n) is 14.5. The molecule has 0 spiro atoms. The Morgan fingerprint density at radius 1 is 1.00 bits per heavy atom. The molecule has 4 aromatic heterocycles. The molecule has 0 bridgehead atoms. The number of carbonyl (C=O) groups excluding carboxylic acids is 2. The first kappa shape index (κ1) is 28.2. The number of rotatable bonds is 5. The van der Waals surface area contributed by atoms with Gasteiger partial charge in [0, 0.05) is 45.5 Å². The van der Waals surface area contributed by atoms with Gasteiger partial charge in [-0.2, -0.15) is 4.98 Å². The van der Waals surface area contributed by atoms with Crippen LogP contribution < -0.4 is 15.1 Å². The van der Waals surface area contributed by atoms with Gasteiger partial charge in [-0.3, -0.25) is 4.79 Å². The van der Waals surface area contributed by atoms with E-state index in [2.05, 4.69) is 20.1 Å². The number of carbonyl (C=O) groups is 2. The van der Waals surface area contributed by atoms with E-state index in [-0.39, 0.29) is 17.9 Å². The predicted octanol–water partition coefficient (Wildman–Crippen LogP) is 4.27. The largest absolute Gasteiger partial charge is 0.444 e. The number of nitrogens with zero attached hydrogens (tertiary/aromatic N) is 7. The fraction of sp³-hybridized carbons (Fsp3) is 0.500. The summed E-state index contributed by atoms with van der Waals surface area (Å²) in [5.41, 5.74) is 1.58. The maximum absolute atomic E-state index is 13.3. The molecule has 2 fully saturated rings. The average molecular weight is 591 g/mol. The van der Waals surface area contributed by atoms with Crippen LogP contribution in [0.15, 0.2) is 42.0 Å². The fourth-order valence-corrected chi connectivity index (χ4v) is 6.35. The first-order valence-corrected chi connectivity index (χ1v) is 15.3. The number of nitrogens with one attached hydrogen (secondary N) is 1. The minimum atomic E-state index is -0.582. The lowest BCUT2D eigenvalue weighted by Gasteiger charge is -2.41. The molecular formula is C30H38N8O3S. The second-order valence-electron chi connectivity index (χ2n) is 12.6. The molecule has 0 saturated carbocycles. The minimum Gasteiger partial charge on any atom is -0.444 e. The van der Waals surface area contributed by atoms with Crippen molar-refractivity contribution in [3.05, 3.63) is 47.7 Å². The third-order valence-electron chi connectivity index (χ3n) is 7.75. The lowest BCUT2D eigenvalue weighted by atomic mass is 9.95. The number of ether oxygens (including phenoxy) is 1. The lowest BCUT2D eigenvalue weighted by molar-refractivity contribution is -0.127. The third-order valence-corrected chi connectivity index (χ3v) is 8.65. The number of thiophene rings is 1. The Morgan fingerprint density at radius 3 is 2.60 bits per heavy atom. The van der Waals surface area contributed by atoms with Gasteiger partial charge in [-0.25, -0.2) is 14.8 Å². The summed E-state index contributed by atoms with van der Waals surface area (Å²) < 4.78 is 8.62. The van der Waals surface area contributed by atoms with Gasteiger partial charge in [0.25, 0.3) is 0 Å². The van der Waals surface area contributed by atoms with Crippen molar-refractivity contribution < 1.29 is 14.3 Å². The van der Waals surface area contributed by atoms with Crippen molar-refractivity contribution in [2.75, 3.05) is 49.1 Å². The number of anilines is 2. The number of imidazole rings is 1. The Hall–Kier alpha value is -3.93. The molecule has 2 amide bonds. The standard InChI is InChI=1S/C30H38N8O3S/c1-29(2,3)41-28(40)36-12-8-11-35(14-15-36)27-32-21-10-16-42-24(21)25(33-27)37-18-20(19-37)26(39)34-30(4,5)22-17-31-23-9-6-7-13-38(22)23/h6-7,9-10,13,16-17,20H,8,11-12,14-15,18-19H2,1-5H3,(H,34,39). The van der Waals surface area contributed by atoms with Gasteiger partial charge in [0.05, 0.1) is 33.6 Å². The zero-order chi connectivity index (χ0) is 29.6. The SMILES string of the molecule is CC(C)(C)OC(=O)N1CCCN(c2nc(N3CC(C(=O)NC(C)(C)c4cnc5ccccn45)C3)c3sccc3n2)CC1. The van der Waals surface area contributed by atoms with Gasteiger partial charge >= 0.3 is 6.09 Å². The van der Waals surface area contributed by atoms with E-state index in [0.717, 1.165) is 40.3 Å². The number of hydrogen-bond acceptors (Lipinski definition) is 9. The molecule has 222 valence electrons. The summed E-state index contributed by atoms with van der Waals surface area (Å²) in [6.45, 7) is 13.4. The summed E-state index contributed by atoms with van der Waals surface area (Å²) in [7, 11) is 0. The van der Waals surface area contributed by atoms with Crippen molar-refractivity contribution in [3.63, 3.8) is 0 Å². The van der Waals surface area contributed by atoms with E-state index in [1.807, 2.05) is 81.1 Å². The summed E-state index contributed by atoms with van der Waals surface area (Å²) in [4.78, 5) is 46.4. The number of pyridine rings is 1. The van der Waals surface area contributed by atoms with E-state index in [0.29, 0.717) is 38.7 Å². The molecule has 0 radical (unpaired) electrons. The zero-order valence-electron chi connectivity index (χ0n) is 24.8. The lowest BCUT2D eigenvalue weighted by Crippen LogP contribution is -2.57. The van der Waals surface area contributed by atoms with Gasteiger partial charge in [0.15, 0.2) is 5.82 Å². The van der Waals surface area contributed by atoms with E-state index in [1.165, 1.54) is 0 Å². The predicted molar refractivity (Wildman–Crippen MR) is 164 cm³/mol. The minimum absolute atomic E-state index is 0.0218. The first-order chi connectivity index (χ1) is 20.0. The van der Waals surface area contributed by atoms with Gasteiger partial charge in [-0.05, 0) is 64.6 Å². The number of aromatic nitrogens is 4. The van der Waals surface area contributed by atoms with E-state index in [1.54, 1.807) is 16.2 Å². The summed E-state index contributed by atoms with van der Waals surface area (Å²) in [6, 6.07) is 7.89. The Bertz CT molecular complexity index is 1620. The highest BCUT2D eigenvalue weighted by Crippen LogP contribution is 2.35. The van der Waals surface area contributed by atoms with Crippen molar-refractivity contribution >= 4 is 51.0 Å². The van der Waals surface area contributed by atoms with Crippen molar-refractivity contribution in [1.82, 2.24) is 29.6 Å². The number of fused-ring (bicyclic) bond motifs is 2. The van der Waals surface area contributed by atoms with Gasteiger partial charge in [-0.15, -0.1) is 11.3 Å². The molecule has 0 atom stereocenters. The molecule has 0 aliphatic carbocycles. The summed E-state index contributed by atoms with van der Waals surface area (Å²) in [6.07, 6.45) is 4.31. The second kappa shape index (κ2) is 10.7. The van der Waals surface area contributed by atoms with E-state index < -0.39 is 11.1 Å². The van der Waals surface area contributed by atoms with Gasteiger partial charge in [0.2, 0.25) is 11.9 Å². The van der Waals surface area contributed by atoms with Crippen LogP contribution in [0.25, 0.3) is 15.9 Å². The molecule has 11 nitrogen and oxygen atoms in total. The summed E-state index contributed by atoms with van der Waals surface area (Å²) in [5, 5.41) is 5.28. The topological polar surface area (TPSA) is 108 Å². The van der Waals surface area contributed by atoms with Crippen LogP contribution in [0.2, 0.25) is 0 Å². The maximum Gasteiger partial charge on any atom is 0.410 e. The molecular weight excluding hydrogens is 552 g/mol. The van der Waals surface area contributed by atoms with Crippen LogP contribution in [0.3, 0.4) is 0 Å². The summed E-state index contributed by atoms with van der Waals surface area (Å²) >= 11 is 1.61. The third kappa shape index (κ3) is 5.59. The fourth-order valence-electron chi connectivity index (χ4n) is 5.50. The van der Waals surface area contributed by atoms with Crippen LogP contribution in [-0.2, 0) is 15.1 Å². The van der Waals surface area contributed by atoms with Crippen molar-refractivity contribution in [3.8, 4) is 0 Å². The highest BCUT2D eigenvalue weighted by atomic mass is 32.1. The van der Waals surface area contributed by atoms with Gasteiger partial charge in [0.1, 0.15) is 11.2 Å². The molecule has 42 heavy (non-hydrogen) atoms. The molecule has 1 N–H and O–H groups in total. The molecule has 6 heterocycles. The van der Waals surface area contributed by atoms with E-state index >= 15 is 0 Å². The molecule has 0 unspecified atom stereocenters. The maximum atomic E-state index is 13.3. The Morgan fingerprint density at radius 2 is 1.81 bits per heavy atom. The summed E-state index contributed by atoms with van der Waals surface area (Å²) in [5.74, 6) is 1.40. The molecule has 2 aliphatic rings. The Kier molecular flexibility index (Phi) is 7.20. The van der Waals surface area contributed by atoms with Gasteiger partial charge in [-0.1, -0.05) is 6.07 Å². The Balaban J connectivity index is 1.13. The Labute approximate surface area is 249 Å². The monoisotopic (exact) mass is 590 g/mol. The average Bonchev–Trinajstić information content (AvgIpc) is 3.47. The molecule has 0 aromatic carbocycles. The van der Waals surface area contributed by atoms with Crippen molar-refractivity contribution in [2.24, 2.45) is 5.92 Å². The molecule has 4 aromatic rings. The van der Waals surface area contributed by atoms with E-state index in [9.17, 15) is 9.59 Å². The normalized spacial score (nSPS) is 16.9. The van der Waals surface area contributed by atoms with Crippen molar-refractivity contribution in [1.29, 1.82) is 0 Å². The van der Waals surface area contributed by atoms with Crippen LogP contribution in [0, 0.1) is 5.92 Å². The van der Waals surface area contributed by atoms with Crippen molar-refractivity contribution in [2.45, 2.75) is 52.2 Å². The highest BCUT2D eigenvalue weighted by Gasteiger charge is 2.38. The smallest absolute Gasteiger partial charge is 0.410 e. The second-order valence-corrected chi connectivity index (χ2v) is 13.5. The quantitative estimate of drug-likeness (QED) is 0.367.